The smallest absolute Gasteiger partial charge is 0.125 e. The summed E-state index contributed by atoms with van der Waals surface area (Å²) in [6.07, 6.45) is 1.27. The van der Waals surface area contributed by atoms with Gasteiger partial charge in [0.1, 0.15) is 17.7 Å². The highest BCUT2D eigenvalue weighted by molar-refractivity contribution is 5.78. The molecule has 0 amide bonds. The lowest BCUT2D eigenvalue weighted by Crippen LogP contribution is -2.06. The third-order valence-electron chi connectivity index (χ3n) is 5.77. The fraction of sp³-hybridized carbons (Fsp3) is 0.240. The molecule has 1 aromatic heterocycles. The molecule has 0 fully saturated rings. The van der Waals surface area contributed by atoms with E-state index in [0.717, 1.165) is 41.3 Å². The minimum atomic E-state index is 0.271. The number of hydrogen-bond donors (Lipinski definition) is 1. The molecule has 3 aromatic carbocycles. The molecule has 5 rings (SSSR count). The van der Waals surface area contributed by atoms with E-state index in [1.165, 1.54) is 22.4 Å². The average molecular weight is 383 g/mol. The number of ether oxygens (including phenoxy) is 1. The van der Waals surface area contributed by atoms with Gasteiger partial charge >= 0.3 is 0 Å². The number of nitrogens with zero attached hydrogens (tertiary/aromatic N) is 2. The van der Waals surface area contributed by atoms with Gasteiger partial charge in [-0.2, -0.15) is 0 Å². The summed E-state index contributed by atoms with van der Waals surface area (Å²) in [7, 11) is 0. The van der Waals surface area contributed by atoms with E-state index in [2.05, 4.69) is 85.3 Å². The van der Waals surface area contributed by atoms with Crippen molar-refractivity contribution in [2.45, 2.75) is 39.8 Å². The second-order valence-electron chi connectivity index (χ2n) is 7.85. The van der Waals surface area contributed by atoms with Crippen molar-refractivity contribution in [1.29, 1.82) is 0 Å². The molecule has 1 atom stereocenters. The Kier molecular flexibility index (Phi) is 4.27. The van der Waals surface area contributed by atoms with Gasteiger partial charge in [0, 0.05) is 24.7 Å². The first-order chi connectivity index (χ1) is 14.1. The van der Waals surface area contributed by atoms with Crippen LogP contribution in [0.25, 0.3) is 16.7 Å². The van der Waals surface area contributed by atoms with Gasteiger partial charge < -0.3 is 10.1 Å². The number of benzene rings is 3. The molecular weight excluding hydrogens is 358 g/mol. The van der Waals surface area contributed by atoms with Gasteiger partial charge in [0.05, 0.1) is 16.7 Å². The van der Waals surface area contributed by atoms with Gasteiger partial charge in [0.15, 0.2) is 0 Å². The second kappa shape index (κ2) is 6.96. The molecule has 4 nitrogen and oxygen atoms in total. The number of rotatable bonds is 4. The van der Waals surface area contributed by atoms with E-state index in [0.29, 0.717) is 0 Å². The third kappa shape index (κ3) is 3.15. The van der Waals surface area contributed by atoms with Crippen LogP contribution < -0.4 is 10.1 Å². The van der Waals surface area contributed by atoms with Crippen LogP contribution in [0.3, 0.4) is 0 Å². The van der Waals surface area contributed by atoms with E-state index in [1.54, 1.807) is 0 Å². The number of nitrogens with one attached hydrogen (secondary N) is 1. The largest absolute Gasteiger partial charge is 0.490 e. The van der Waals surface area contributed by atoms with Crippen LogP contribution in [-0.2, 0) is 13.0 Å². The van der Waals surface area contributed by atoms with Crippen LogP contribution in [0.1, 0.15) is 29.4 Å². The van der Waals surface area contributed by atoms with Crippen molar-refractivity contribution in [2.24, 2.45) is 0 Å². The molecule has 0 bridgehead atoms. The molecule has 0 saturated heterocycles. The van der Waals surface area contributed by atoms with Crippen molar-refractivity contribution in [3.05, 3.63) is 83.2 Å². The van der Waals surface area contributed by atoms with Crippen LogP contribution in [-0.4, -0.2) is 15.7 Å². The number of aromatic nitrogens is 2. The highest BCUT2D eigenvalue weighted by Crippen LogP contribution is 2.32. The third-order valence-corrected chi connectivity index (χ3v) is 5.77. The zero-order chi connectivity index (χ0) is 20.0. The molecule has 2 heterocycles. The van der Waals surface area contributed by atoms with Crippen molar-refractivity contribution in [2.75, 3.05) is 5.32 Å². The summed E-state index contributed by atoms with van der Waals surface area (Å²) >= 11 is 0. The Hall–Kier alpha value is -3.27. The molecule has 0 aliphatic carbocycles. The number of hydrogen-bond acceptors (Lipinski definition) is 3. The molecule has 4 heteroatoms. The molecule has 29 heavy (non-hydrogen) atoms. The first-order valence-electron chi connectivity index (χ1n) is 10.2. The van der Waals surface area contributed by atoms with Crippen LogP contribution in [0.4, 0.5) is 5.69 Å². The lowest BCUT2D eigenvalue weighted by atomic mass is 10.1. The monoisotopic (exact) mass is 383 g/mol. The predicted octanol–water partition coefficient (Wildman–Crippen LogP) is 5.58. The van der Waals surface area contributed by atoms with Gasteiger partial charge in [-0.3, -0.25) is 4.57 Å². The first kappa shape index (κ1) is 17.8. The van der Waals surface area contributed by atoms with Gasteiger partial charge in [-0.05, 0) is 61.7 Å². The molecule has 1 aliphatic rings. The van der Waals surface area contributed by atoms with Crippen LogP contribution >= 0.6 is 0 Å². The van der Waals surface area contributed by atoms with Gasteiger partial charge in [-0.25, -0.2) is 4.98 Å². The molecule has 4 aromatic rings. The highest BCUT2D eigenvalue weighted by atomic mass is 16.5. The zero-order valence-electron chi connectivity index (χ0n) is 17.1. The number of fused-ring (bicyclic) bond motifs is 2. The normalized spacial score (nSPS) is 15.3. The van der Waals surface area contributed by atoms with Gasteiger partial charge in [-0.15, -0.1) is 0 Å². The fourth-order valence-corrected chi connectivity index (χ4v) is 4.26. The van der Waals surface area contributed by atoms with Crippen molar-refractivity contribution in [3.8, 4) is 11.4 Å². The maximum Gasteiger partial charge on any atom is 0.125 e. The Morgan fingerprint density at radius 3 is 2.83 bits per heavy atom. The second-order valence-corrected chi connectivity index (χ2v) is 7.85. The number of imidazole rings is 1. The SMILES string of the molecule is Cc1c(CNc2ccc3c(c2)OC(C)C3)cccc1-n1c(C)nc2ccccc21. The summed E-state index contributed by atoms with van der Waals surface area (Å²) in [6.45, 7) is 7.13. The van der Waals surface area contributed by atoms with Crippen LogP contribution in [0.5, 0.6) is 5.75 Å². The minimum Gasteiger partial charge on any atom is -0.490 e. The van der Waals surface area contributed by atoms with Crippen molar-refractivity contribution in [1.82, 2.24) is 9.55 Å². The Morgan fingerprint density at radius 1 is 1.07 bits per heavy atom. The summed E-state index contributed by atoms with van der Waals surface area (Å²) < 4.78 is 8.14. The average Bonchev–Trinajstić information content (AvgIpc) is 3.25. The van der Waals surface area contributed by atoms with E-state index in [1.807, 2.05) is 6.07 Å². The molecule has 0 radical (unpaired) electrons. The predicted molar refractivity (Wildman–Crippen MR) is 118 cm³/mol. The fourth-order valence-electron chi connectivity index (χ4n) is 4.26. The quantitative estimate of drug-likeness (QED) is 0.500. The van der Waals surface area contributed by atoms with Gasteiger partial charge in [-0.1, -0.05) is 30.3 Å². The summed E-state index contributed by atoms with van der Waals surface area (Å²) in [5.74, 6) is 2.01. The highest BCUT2D eigenvalue weighted by Gasteiger charge is 2.19. The zero-order valence-corrected chi connectivity index (χ0v) is 17.1. The molecule has 1 unspecified atom stereocenters. The van der Waals surface area contributed by atoms with E-state index in [9.17, 15) is 0 Å². The molecular formula is C25H25N3O. The first-order valence-corrected chi connectivity index (χ1v) is 10.2. The maximum absolute atomic E-state index is 5.90. The summed E-state index contributed by atoms with van der Waals surface area (Å²) in [5, 5.41) is 3.57. The Morgan fingerprint density at radius 2 is 1.93 bits per heavy atom. The number of aryl methyl sites for hydroxylation is 1. The van der Waals surface area contributed by atoms with Crippen LogP contribution in [0.2, 0.25) is 0 Å². The molecule has 146 valence electrons. The summed E-state index contributed by atoms with van der Waals surface area (Å²) in [4.78, 5) is 4.73. The standard InChI is InChI=1S/C25H25N3O/c1-16-13-19-11-12-21(14-25(19)29-16)26-15-20-7-6-10-23(17(20)2)28-18(3)27-22-8-4-5-9-24(22)28/h4-12,14,16,26H,13,15H2,1-3H3. The van der Waals surface area contributed by atoms with E-state index in [-0.39, 0.29) is 6.10 Å². The molecule has 1 aliphatic heterocycles. The van der Waals surface area contributed by atoms with Crippen LogP contribution in [0, 0.1) is 13.8 Å². The maximum atomic E-state index is 5.90. The molecule has 1 N–H and O–H groups in total. The van der Waals surface area contributed by atoms with Crippen molar-refractivity contribution in [3.63, 3.8) is 0 Å². The lowest BCUT2D eigenvalue weighted by molar-refractivity contribution is 0.255. The lowest BCUT2D eigenvalue weighted by Gasteiger charge is -2.15. The Bertz CT molecular complexity index is 1210. The van der Waals surface area contributed by atoms with E-state index < -0.39 is 0 Å². The summed E-state index contributed by atoms with van der Waals surface area (Å²) in [6, 6.07) is 21.2. The topological polar surface area (TPSA) is 39.1 Å². The van der Waals surface area contributed by atoms with E-state index >= 15 is 0 Å². The van der Waals surface area contributed by atoms with E-state index in [4.69, 9.17) is 9.72 Å². The minimum absolute atomic E-state index is 0.271. The number of para-hydroxylation sites is 2. The number of anilines is 1. The van der Waals surface area contributed by atoms with Crippen molar-refractivity contribution < 1.29 is 4.74 Å². The summed E-state index contributed by atoms with van der Waals surface area (Å²) in [5.41, 5.74) is 8.27. The molecule has 0 saturated carbocycles. The molecule has 0 spiro atoms. The van der Waals surface area contributed by atoms with Crippen molar-refractivity contribution >= 4 is 16.7 Å². The Labute approximate surface area is 171 Å². The Balaban J connectivity index is 1.44. The van der Waals surface area contributed by atoms with Crippen LogP contribution in [0.15, 0.2) is 60.7 Å². The van der Waals surface area contributed by atoms with Gasteiger partial charge in [0.25, 0.3) is 0 Å². The van der Waals surface area contributed by atoms with Gasteiger partial charge in [0.2, 0.25) is 0 Å².